The number of aliphatic carboxylic acids is 1. The molecular formula is C17H19F2NO3. The number of rotatable bonds is 5. The van der Waals surface area contributed by atoms with Gasteiger partial charge in [-0.3, -0.25) is 9.59 Å². The minimum Gasteiger partial charge on any atom is -0.481 e. The van der Waals surface area contributed by atoms with Gasteiger partial charge in [-0.25, -0.2) is 8.78 Å². The summed E-state index contributed by atoms with van der Waals surface area (Å²) in [6.45, 7) is 0.261. The van der Waals surface area contributed by atoms with Crippen LogP contribution < -0.4 is 5.32 Å². The summed E-state index contributed by atoms with van der Waals surface area (Å²) in [5.74, 6) is -3.53. The molecule has 124 valence electrons. The summed E-state index contributed by atoms with van der Waals surface area (Å²) in [5.41, 5.74) is -0.0941. The zero-order chi connectivity index (χ0) is 16.6. The minimum atomic E-state index is -0.953. The number of carboxylic acids is 1. The Labute approximate surface area is 132 Å². The number of benzene rings is 1. The maximum atomic E-state index is 14.2. The molecule has 2 aliphatic carbocycles. The van der Waals surface area contributed by atoms with Gasteiger partial charge in [0.15, 0.2) is 0 Å². The number of nitrogens with one attached hydrogen (secondary N) is 1. The van der Waals surface area contributed by atoms with Gasteiger partial charge < -0.3 is 10.4 Å². The van der Waals surface area contributed by atoms with Gasteiger partial charge in [-0.05, 0) is 30.9 Å². The number of carboxylic acid groups (broad SMARTS) is 1. The van der Waals surface area contributed by atoms with Crippen LogP contribution in [0.3, 0.4) is 0 Å². The van der Waals surface area contributed by atoms with E-state index in [1.165, 1.54) is 12.1 Å². The summed E-state index contributed by atoms with van der Waals surface area (Å²) in [6, 6.07) is 3.57. The van der Waals surface area contributed by atoms with Gasteiger partial charge >= 0.3 is 5.97 Å². The van der Waals surface area contributed by atoms with Crippen LogP contribution in [0.25, 0.3) is 0 Å². The molecule has 3 rings (SSSR count). The first-order valence-corrected chi connectivity index (χ1v) is 7.89. The molecule has 0 aliphatic heterocycles. The largest absolute Gasteiger partial charge is 0.481 e. The highest BCUT2D eigenvalue weighted by molar-refractivity contribution is 5.89. The predicted octanol–water partition coefficient (Wildman–Crippen LogP) is 2.61. The highest BCUT2D eigenvalue weighted by Gasteiger charge is 2.49. The van der Waals surface area contributed by atoms with E-state index in [0.717, 1.165) is 31.7 Å². The van der Waals surface area contributed by atoms with Crippen LogP contribution in [0, 0.1) is 23.5 Å². The molecule has 0 radical (unpaired) electrons. The van der Waals surface area contributed by atoms with Crippen LogP contribution in [0.15, 0.2) is 18.2 Å². The molecular weight excluding hydrogens is 304 g/mol. The summed E-state index contributed by atoms with van der Waals surface area (Å²) in [5, 5.41) is 11.7. The molecule has 2 unspecified atom stereocenters. The Hall–Kier alpha value is -1.98. The molecule has 1 amide bonds. The lowest BCUT2D eigenvalue weighted by atomic mass is 9.78. The van der Waals surface area contributed by atoms with Crippen LogP contribution in [-0.4, -0.2) is 23.5 Å². The molecule has 2 N–H and O–H groups in total. The van der Waals surface area contributed by atoms with Gasteiger partial charge in [-0.15, -0.1) is 0 Å². The molecule has 6 heteroatoms. The number of carbonyl (C=O) groups is 2. The number of hydrogen-bond donors (Lipinski definition) is 2. The number of carbonyl (C=O) groups excluding carboxylic acids is 1. The minimum absolute atomic E-state index is 0.261. The summed E-state index contributed by atoms with van der Waals surface area (Å²) in [4.78, 5) is 22.9. The van der Waals surface area contributed by atoms with E-state index in [4.69, 9.17) is 5.11 Å². The van der Waals surface area contributed by atoms with Crippen molar-refractivity contribution in [2.24, 2.45) is 11.8 Å². The lowest BCUT2D eigenvalue weighted by Gasteiger charge is -2.30. The average molecular weight is 323 g/mol. The monoisotopic (exact) mass is 323 g/mol. The highest BCUT2D eigenvalue weighted by Crippen LogP contribution is 2.43. The smallest absolute Gasteiger partial charge is 0.307 e. The third-order valence-electron chi connectivity index (χ3n) is 5.11. The summed E-state index contributed by atoms with van der Waals surface area (Å²) < 4.78 is 27.3. The second kappa shape index (κ2) is 5.91. The second-order valence-corrected chi connectivity index (χ2v) is 6.62. The van der Waals surface area contributed by atoms with Crippen molar-refractivity contribution in [3.05, 3.63) is 35.4 Å². The lowest BCUT2D eigenvalue weighted by Crippen LogP contribution is -2.40. The molecule has 0 bridgehead atoms. The van der Waals surface area contributed by atoms with Crippen LogP contribution in [0.1, 0.15) is 37.7 Å². The van der Waals surface area contributed by atoms with Gasteiger partial charge in [0.25, 0.3) is 0 Å². The van der Waals surface area contributed by atoms with Gasteiger partial charge in [0.1, 0.15) is 11.6 Å². The Kier molecular flexibility index (Phi) is 4.08. The van der Waals surface area contributed by atoms with Crippen molar-refractivity contribution in [2.75, 3.05) is 6.54 Å². The number of amides is 1. The van der Waals surface area contributed by atoms with E-state index in [1.807, 2.05) is 0 Å². The van der Waals surface area contributed by atoms with Crippen molar-refractivity contribution in [3.8, 4) is 0 Å². The fraction of sp³-hybridized carbons (Fsp3) is 0.529. The van der Waals surface area contributed by atoms with Crippen LogP contribution in [0.4, 0.5) is 8.78 Å². The molecule has 0 heterocycles. The lowest BCUT2D eigenvalue weighted by molar-refractivity contribution is -0.140. The maximum Gasteiger partial charge on any atom is 0.307 e. The highest BCUT2D eigenvalue weighted by atomic mass is 19.1. The summed E-state index contributed by atoms with van der Waals surface area (Å²) in [7, 11) is 0. The molecule has 0 saturated heterocycles. The Balaban J connectivity index is 1.72. The predicted molar refractivity (Wildman–Crippen MR) is 78.7 cm³/mol. The van der Waals surface area contributed by atoms with Crippen molar-refractivity contribution in [2.45, 2.75) is 37.5 Å². The zero-order valence-corrected chi connectivity index (χ0v) is 12.6. The Bertz CT molecular complexity index is 641. The fourth-order valence-corrected chi connectivity index (χ4v) is 3.66. The van der Waals surface area contributed by atoms with Crippen LogP contribution >= 0.6 is 0 Å². The second-order valence-electron chi connectivity index (χ2n) is 6.62. The molecule has 2 atom stereocenters. The van der Waals surface area contributed by atoms with E-state index in [-0.39, 0.29) is 12.5 Å². The van der Waals surface area contributed by atoms with Crippen molar-refractivity contribution >= 4 is 11.9 Å². The van der Waals surface area contributed by atoms with Gasteiger partial charge in [-0.1, -0.05) is 18.9 Å². The fourth-order valence-electron chi connectivity index (χ4n) is 3.66. The standard InChI is InChI=1S/C17H19F2NO3/c18-10-3-4-13(14(19)7-10)17(5-1-2-6-17)9-20-15(21)11-8-12(11)16(22)23/h3-4,7,11-12H,1-2,5-6,8-9H2,(H,20,21)(H,22,23). The molecule has 2 saturated carbocycles. The van der Waals surface area contributed by atoms with E-state index in [1.54, 1.807) is 0 Å². The van der Waals surface area contributed by atoms with Crippen molar-refractivity contribution in [3.63, 3.8) is 0 Å². The van der Waals surface area contributed by atoms with Crippen LogP contribution in [0.5, 0.6) is 0 Å². The van der Waals surface area contributed by atoms with E-state index >= 15 is 0 Å². The molecule has 2 aliphatic rings. The van der Waals surface area contributed by atoms with Gasteiger partial charge in [0.05, 0.1) is 11.8 Å². The van der Waals surface area contributed by atoms with Crippen LogP contribution in [-0.2, 0) is 15.0 Å². The number of hydrogen-bond acceptors (Lipinski definition) is 2. The van der Waals surface area contributed by atoms with E-state index in [0.29, 0.717) is 12.0 Å². The Morgan fingerprint density at radius 3 is 2.48 bits per heavy atom. The first-order chi connectivity index (χ1) is 10.9. The molecule has 0 spiro atoms. The molecule has 23 heavy (non-hydrogen) atoms. The molecule has 1 aromatic carbocycles. The molecule has 0 aromatic heterocycles. The summed E-state index contributed by atoms with van der Waals surface area (Å²) in [6.07, 6.45) is 3.66. The topological polar surface area (TPSA) is 66.4 Å². The zero-order valence-electron chi connectivity index (χ0n) is 12.6. The normalized spacial score (nSPS) is 25.1. The van der Waals surface area contributed by atoms with Crippen molar-refractivity contribution < 1.29 is 23.5 Å². The molecule has 4 nitrogen and oxygen atoms in total. The van der Waals surface area contributed by atoms with Gasteiger partial charge in [0.2, 0.25) is 5.91 Å². The van der Waals surface area contributed by atoms with Gasteiger partial charge in [0, 0.05) is 18.0 Å². The van der Waals surface area contributed by atoms with E-state index < -0.39 is 34.9 Å². The summed E-state index contributed by atoms with van der Waals surface area (Å²) >= 11 is 0. The molecule has 2 fully saturated rings. The average Bonchev–Trinajstić information content (AvgIpc) is 3.17. The van der Waals surface area contributed by atoms with Crippen molar-refractivity contribution in [1.82, 2.24) is 5.32 Å². The van der Waals surface area contributed by atoms with E-state index in [2.05, 4.69) is 5.32 Å². The van der Waals surface area contributed by atoms with E-state index in [9.17, 15) is 18.4 Å². The molecule has 1 aromatic rings. The Morgan fingerprint density at radius 2 is 1.91 bits per heavy atom. The third kappa shape index (κ3) is 3.07. The third-order valence-corrected chi connectivity index (χ3v) is 5.11. The first-order valence-electron chi connectivity index (χ1n) is 7.89. The number of halogens is 2. The first kappa shape index (κ1) is 15.9. The quantitative estimate of drug-likeness (QED) is 0.875. The van der Waals surface area contributed by atoms with Crippen molar-refractivity contribution in [1.29, 1.82) is 0 Å². The Morgan fingerprint density at radius 1 is 1.22 bits per heavy atom. The maximum absolute atomic E-state index is 14.2. The SMILES string of the molecule is O=C(O)C1CC1C(=O)NCC1(c2ccc(F)cc2F)CCCC1. The van der Waals surface area contributed by atoms with Crippen LogP contribution in [0.2, 0.25) is 0 Å². The van der Waals surface area contributed by atoms with Gasteiger partial charge in [-0.2, -0.15) is 0 Å².